The van der Waals surface area contributed by atoms with Crippen LogP contribution >= 0.6 is 11.3 Å². The Kier molecular flexibility index (Phi) is 6.32. The van der Waals surface area contributed by atoms with E-state index in [9.17, 15) is 14.7 Å². The second-order valence-electron chi connectivity index (χ2n) is 8.69. The maximum absolute atomic E-state index is 13.4. The third-order valence-electron chi connectivity index (χ3n) is 6.34. The number of anilines is 1. The fourth-order valence-electron chi connectivity index (χ4n) is 4.43. The molecule has 1 atom stereocenters. The van der Waals surface area contributed by atoms with Gasteiger partial charge in [0.25, 0.3) is 5.78 Å². The van der Waals surface area contributed by atoms with Gasteiger partial charge in [-0.05, 0) is 49.6 Å². The summed E-state index contributed by atoms with van der Waals surface area (Å²) in [6.07, 6.45) is 5.41. The summed E-state index contributed by atoms with van der Waals surface area (Å²) in [5.74, 6) is -1.12. The van der Waals surface area contributed by atoms with E-state index in [1.54, 1.807) is 11.6 Å². The maximum Gasteiger partial charge on any atom is 0.301 e. The van der Waals surface area contributed by atoms with E-state index in [0.717, 1.165) is 18.4 Å². The molecule has 3 aromatic heterocycles. The van der Waals surface area contributed by atoms with E-state index in [1.165, 1.54) is 16.2 Å². The summed E-state index contributed by atoms with van der Waals surface area (Å²) in [6.45, 7) is 6.46. The fraction of sp³-hybridized carbons (Fsp3) is 0.259. The number of Topliss-reactive ketones (excluding diaryl/α,β-unsaturated/α-hetero) is 1. The van der Waals surface area contributed by atoms with Crippen LogP contribution in [0.4, 0.5) is 5.13 Å². The predicted molar refractivity (Wildman–Crippen MR) is 138 cm³/mol. The highest BCUT2D eigenvalue weighted by molar-refractivity contribution is 7.14. The number of hydrogen-bond acceptors (Lipinski definition) is 7. The van der Waals surface area contributed by atoms with E-state index in [-0.39, 0.29) is 17.0 Å². The minimum Gasteiger partial charge on any atom is -0.505 e. The van der Waals surface area contributed by atoms with Gasteiger partial charge in [-0.1, -0.05) is 31.5 Å². The molecule has 8 nitrogen and oxygen atoms in total. The van der Waals surface area contributed by atoms with Gasteiger partial charge in [-0.15, -0.1) is 11.3 Å². The lowest BCUT2D eigenvalue weighted by Crippen LogP contribution is -2.29. The minimum absolute atomic E-state index is 0.0148. The van der Waals surface area contributed by atoms with Crippen molar-refractivity contribution in [2.75, 3.05) is 11.5 Å². The van der Waals surface area contributed by atoms with Crippen LogP contribution in [0.5, 0.6) is 5.75 Å². The zero-order valence-corrected chi connectivity index (χ0v) is 21.1. The number of fused-ring (bicyclic) bond motifs is 1. The van der Waals surface area contributed by atoms with Gasteiger partial charge in [0.05, 0.1) is 23.9 Å². The van der Waals surface area contributed by atoms with Crippen LogP contribution in [-0.4, -0.2) is 37.8 Å². The normalized spacial score (nSPS) is 17.3. The monoisotopic (exact) mass is 502 g/mol. The summed E-state index contributed by atoms with van der Waals surface area (Å²) in [4.78, 5) is 36.8. The molecular formula is C27H26N4O4S. The lowest BCUT2D eigenvalue weighted by atomic mass is 9.96. The molecule has 1 N–H and O–H groups in total. The highest BCUT2D eigenvalue weighted by atomic mass is 32.1. The van der Waals surface area contributed by atoms with Crippen LogP contribution in [-0.2, 0) is 9.59 Å². The van der Waals surface area contributed by atoms with Crippen molar-refractivity contribution < 1.29 is 19.4 Å². The van der Waals surface area contributed by atoms with Gasteiger partial charge in [-0.2, -0.15) is 0 Å². The molecule has 1 unspecified atom stereocenters. The molecule has 1 fully saturated rings. The van der Waals surface area contributed by atoms with E-state index < -0.39 is 17.7 Å². The molecule has 0 saturated carbocycles. The van der Waals surface area contributed by atoms with Crippen LogP contribution in [0.2, 0.25) is 0 Å². The number of ketones is 1. The summed E-state index contributed by atoms with van der Waals surface area (Å²) in [5.41, 5.74) is 3.19. The van der Waals surface area contributed by atoms with E-state index in [0.29, 0.717) is 34.4 Å². The molecule has 1 aliphatic rings. The van der Waals surface area contributed by atoms with Gasteiger partial charge < -0.3 is 14.2 Å². The first kappa shape index (κ1) is 23.7. The van der Waals surface area contributed by atoms with Crippen molar-refractivity contribution in [1.29, 1.82) is 0 Å². The maximum atomic E-state index is 13.4. The minimum atomic E-state index is -0.855. The molecule has 0 bridgehead atoms. The second kappa shape index (κ2) is 9.58. The molecule has 1 aromatic carbocycles. The van der Waals surface area contributed by atoms with E-state index in [4.69, 9.17) is 4.74 Å². The molecule has 0 spiro atoms. The summed E-state index contributed by atoms with van der Waals surface area (Å²) in [7, 11) is 0. The number of hydrogen-bond donors (Lipinski definition) is 1. The number of aromatic nitrogens is 3. The standard InChI is InChI=1S/C27H26N4O4S/c1-4-5-14-35-19-10-8-18(9-11-19)22-20(24(33)26(34)31(22)27-28-12-15-36-27)23(32)21-17(3)30-13-6-7-16(2)25(30)29-21/h6-13,15,22,32H,4-5,14H2,1-3H3/b23-20+. The molecule has 0 radical (unpaired) electrons. The molecule has 184 valence electrons. The number of unbranched alkanes of at least 4 members (excludes halogenated alkanes) is 1. The topological polar surface area (TPSA) is 97.0 Å². The van der Waals surface area contributed by atoms with E-state index >= 15 is 0 Å². The number of carbonyl (C=O) groups is 2. The van der Waals surface area contributed by atoms with Crippen LogP contribution in [0.15, 0.2) is 59.7 Å². The summed E-state index contributed by atoms with van der Waals surface area (Å²) in [6, 6.07) is 10.2. The van der Waals surface area contributed by atoms with Gasteiger partial charge in [0.1, 0.15) is 17.1 Å². The van der Waals surface area contributed by atoms with E-state index in [2.05, 4.69) is 16.9 Å². The largest absolute Gasteiger partial charge is 0.505 e. The van der Waals surface area contributed by atoms with Crippen molar-refractivity contribution in [2.45, 2.75) is 39.7 Å². The molecule has 0 aliphatic carbocycles. The first-order valence-corrected chi connectivity index (χ1v) is 12.7. The van der Waals surface area contributed by atoms with Crippen molar-refractivity contribution >= 4 is 39.6 Å². The predicted octanol–water partition coefficient (Wildman–Crippen LogP) is 5.21. The Balaban J connectivity index is 1.65. The Hall–Kier alpha value is -3.98. The van der Waals surface area contributed by atoms with Crippen LogP contribution < -0.4 is 9.64 Å². The number of rotatable bonds is 7. The van der Waals surface area contributed by atoms with Gasteiger partial charge >= 0.3 is 5.91 Å². The Morgan fingerprint density at radius 1 is 1.17 bits per heavy atom. The van der Waals surface area contributed by atoms with Gasteiger partial charge in [0.15, 0.2) is 10.9 Å². The summed E-state index contributed by atoms with van der Waals surface area (Å²) < 4.78 is 7.64. The van der Waals surface area contributed by atoms with Crippen molar-refractivity contribution in [3.63, 3.8) is 0 Å². The highest BCUT2D eigenvalue weighted by Crippen LogP contribution is 2.43. The molecule has 5 rings (SSSR count). The molecule has 4 heterocycles. The number of nitrogens with zero attached hydrogens (tertiary/aromatic N) is 4. The average molecular weight is 503 g/mol. The average Bonchev–Trinajstić information content (AvgIpc) is 3.58. The molecule has 1 amide bonds. The molecule has 36 heavy (non-hydrogen) atoms. The first-order valence-electron chi connectivity index (χ1n) is 11.8. The van der Waals surface area contributed by atoms with Gasteiger partial charge in [-0.3, -0.25) is 14.5 Å². The second-order valence-corrected chi connectivity index (χ2v) is 9.56. The van der Waals surface area contributed by atoms with E-state index in [1.807, 2.05) is 60.8 Å². The molecule has 1 saturated heterocycles. The quantitative estimate of drug-likeness (QED) is 0.161. The number of carbonyl (C=O) groups excluding carboxylic acids is 2. The molecule has 4 aromatic rings. The Morgan fingerprint density at radius 2 is 1.94 bits per heavy atom. The SMILES string of the molecule is CCCCOc1ccc(C2/C(=C(\O)c3nc4c(C)cccn4c3C)C(=O)C(=O)N2c2nccs2)cc1. The van der Waals surface area contributed by atoms with Gasteiger partial charge in [0.2, 0.25) is 0 Å². The van der Waals surface area contributed by atoms with Crippen molar-refractivity contribution in [2.24, 2.45) is 0 Å². The van der Waals surface area contributed by atoms with Crippen molar-refractivity contribution in [3.05, 3.63) is 82.3 Å². The number of aliphatic hydroxyl groups is 1. The lowest BCUT2D eigenvalue weighted by molar-refractivity contribution is -0.132. The summed E-state index contributed by atoms with van der Waals surface area (Å²) in [5, 5.41) is 13.6. The Bertz CT molecular complexity index is 1470. The number of pyridine rings is 1. The smallest absolute Gasteiger partial charge is 0.301 e. The zero-order valence-electron chi connectivity index (χ0n) is 20.3. The number of amides is 1. The third kappa shape index (κ3) is 3.95. The zero-order chi connectivity index (χ0) is 25.4. The number of benzene rings is 1. The highest BCUT2D eigenvalue weighted by Gasteiger charge is 2.48. The lowest BCUT2D eigenvalue weighted by Gasteiger charge is -2.23. The molecular weight excluding hydrogens is 476 g/mol. The number of aryl methyl sites for hydroxylation is 2. The van der Waals surface area contributed by atoms with Crippen LogP contribution in [0.25, 0.3) is 11.4 Å². The van der Waals surface area contributed by atoms with Gasteiger partial charge in [0, 0.05) is 17.8 Å². The Morgan fingerprint density at radius 3 is 2.61 bits per heavy atom. The number of aliphatic hydroxyl groups excluding tert-OH is 1. The first-order chi connectivity index (χ1) is 17.4. The number of imidazole rings is 1. The fourth-order valence-corrected chi connectivity index (χ4v) is 5.10. The molecule has 9 heteroatoms. The van der Waals surface area contributed by atoms with Crippen LogP contribution in [0.3, 0.4) is 0 Å². The van der Waals surface area contributed by atoms with Gasteiger partial charge in [-0.25, -0.2) is 9.97 Å². The summed E-state index contributed by atoms with van der Waals surface area (Å²) >= 11 is 1.25. The van der Waals surface area contributed by atoms with Crippen LogP contribution in [0.1, 0.15) is 48.3 Å². The third-order valence-corrected chi connectivity index (χ3v) is 7.11. The molecule has 1 aliphatic heterocycles. The van der Waals surface area contributed by atoms with Crippen molar-refractivity contribution in [3.8, 4) is 5.75 Å². The Labute approximate surface area is 212 Å². The number of thiazole rings is 1. The number of ether oxygens (including phenoxy) is 1. The van der Waals surface area contributed by atoms with Crippen molar-refractivity contribution in [1.82, 2.24) is 14.4 Å². The van der Waals surface area contributed by atoms with Crippen LogP contribution in [0, 0.1) is 13.8 Å².